The van der Waals surface area contributed by atoms with Crippen LogP contribution in [0.1, 0.15) is 33.2 Å². The molecule has 3 aromatic carbocycles. The highest BCUT2D eigenvalue weighted by Crippen LogP contribution is 2.17. The molecule has 142 valence electrons. The van der Waals surface area contributed by atoms with E-state index in [4.69, 9.17) is 4.74 Å². The predicted octanol–water partition coefficient (Wildman–Crippen LogP) is 4.90. The molecule has 0 aliphatic carbocycles. The molecule has 5 nitrogen and oxygen atoms in total. The van der Waals surface area contributed by atoms with E-state index in [9.17, 15) is 9.59 Å². The Morgan fingerprint density at radius 3 is 1.93 bits per heavy atom. The maximum Gasteiger partial charge on any atom is 0.255 e. The van der Waals surface area contributed by atoms with Gasteiger partial charge in [-0.25, -0.2) is 0 Å². The van der Waals surface area contributed by atoms with Crippen LogP contribution in [0.2, 0.25) is 0 Å². The summed E-state index contributed by atoms with van der Waals surface area (Å²) in [7, 11) is 0. The summed E-state index contributed by atoms with van der Waals surface area (Å²) in [6, 6.07) is 21.3. The number of carbonyl (C=O) groups is 2. The molecule has 0 atom stereocenters. The van der Waals surface area contributed by atoms with Gasteiger partial charge in [0.1, 0.15) is 5.75 Å². The SMILES string of the molecule is CCOc1ccc(NC(=O)c2ccc(NC(=O)c3cccc(C)c3)cc2)cc1. The third-order valence-electron chi connectivity index (χ3n) is 4.11. The van der Waals surface area contributed by atoms with Crippen molar-refractivity contribution < 1.29 is 14.3 Å². The van der Waals surface area contributed by atoms with Crippen molar-refractivity contribution in [1.82, 2.24) is 0 Å². The van der Waals surface area contributed by atoms with E-state index in [2.05, 4.69) is 10.6 Å². The number of anilines is 2. The average Bonchev–Trinajstić information content (AvgIpc) is 2.70. The molecule has 0 bridgehead atoms. The molecule has 5 heteroatoms. The predicted molar refractivity (Wildman–Crippen MR) is 111 cm³/mol. The summed E-state index contributed by atoms with van der Waals surface area (Å²) in [4.78, 5) is 24.7. The summed E-state index contributed by atoms with van der Waals surface area (Å²) in [5.74, 6) is 0.352. The molecule has 0 fully saturated rings. The van der Waals surface area contributed by atoms with Gasteiger partial charge in [0.15, 0.2) is 0 Å². The van der Waals surface area contributed by atoms with Gasteiger partial charge in [-0.05, 0) is 74.5 Å². The van der Waals surface area contributed by atoms with Crippen LogP contribution in [-0.4, -0.2) is 18.4 Å². The van der Waals surface area contributed by atoms with Crippen molar-refractivity contribution in [3.05, 3.63) is 89.5 Å². The van der Waals surface area contributed by atoms with E-state index in [0.29, 0.717) is 29.1 Å². The fraction of sp³-hybridized carbons (Fsp3) is 0.130. The minimum Gasteiger partial charge on any atom is -0.494 e. The van der Waals surface area contributed by atoms with E-state index in [0.717, 1.165) is 11.3 Å². The maximum absolute atomic E-state index is 12.4. The molecule has 0 radical (unpaired) electrons. The number of aryl methyl sites for hydroxylation is 1. The number of hydrogen-bond acceptors (Lipinski definition) is 3. The van der Waals surface area contributed by atoms with E-state index < -0.39 is 0 Å². The lowest BCUT2D eigenvalue weighted by molar-refractivity contribution is 0.102. The third kappa shape index (κ3) is 4.98. The van der Waals surface area contributed by atoms with E-state index >= 15 is 0 Å². The lowest BCUT2D eigenvalue weighted by Gasteiger charge is -2.09. The van der Waals surface area contributed by atoms with Crippen LogP contribution in [0.4, 0.5) is 11.4 Å². The van der Waals surface area contributed by atoms with Crippen LogP contribution >= 0.6 is 0 Å². The Kier molecular flexibility index (Phi) is 6.07. The highest BCUT2D eigenvalue weighted by Gasteiger charge is 2.09. The van der Waals surface area contributed by atoms with Crippen molar-refractivity contribution in [3.63, 3.8) is 0 Å². The first-order valence-electron chi connectivity index (χ1n) is 9.07. The highest BCUT2D eigenvalue weighted by molar-refractivity contribution is 6.06. The molecule has 0 unspecified atom stereocenters. The molecule has 3 rings (SSSR count). The van der Waals surface area contributed by atoms with Gasteiger partial charge in [-0.15, -0.1) is 0 Å². The zero-order chi connectivity index (χ0) is 19.9. The van der Waals surface area contributed by atoms with Gasteiger partial charge >= 0.3 is 0 Å². The maximum atomic E-state index is 12.4. The second kappa shape index (κ2) is 8.86. The van der Waals surface area contributed by atoms with Gasteiger partial charge in [0, 0.05) is 22.5 Å². The molecule has 0 spiro atoms. The molecule has 0 saturated carbocycles. The molecular formula is C23H22N2O3. The Morgan fingerprint density at radius 2 is 1.36 bits per heavy atom. The van der Waals surface area contributed by atoms with Crippen LogP contribution in [-0.2, 0) is 0 Å². The van der Waals surface area contributed by atoms with Crippen LogP contribution in [0, 0.1) is 6.92 Å². The Labute approximate surface area is 164 Å². The van der Waals surface area contributed by atoms with Gasteiger partial charge in [0.2, 0.25) is 0 Å². The van der Waals surface area contributed by atoms with Gasteiger partial charge in [-0.1, -0.05) is 17.7 Å². The lowest BCUT2D eigenvalue weighted by atomic mass is 10.1. The molecule has 0 aliphatic heterocycles. The largest absolute Gasteiger partial charge is 0.494 e. The number of ether oxygens (including phenoxy) is 1. The van der Waals surface area contributed by atoms with Gasteiger partial charge in [0.05, 0.1) is 6.61 Å². The summed E-state index contributed by atoms with van der Waals surface area (Å²) < 4.78 is 5.39. The quantitative estimate of drug-likeness (QED) is 0.645. The minimum absolute atomic E-state index is 0.185. The fourth-order valence-corrected chi connectivity index (χ4v) is 2.70. The van der Waals surface area contributed by atoms with E-state index in [1.807, 2.05) is 44.2 Å². The Balaban J connectivity index is 1.61. The molecule has 0 aromatic heterocycles. The molecular weight excluding hydrogens is 352 g/mol. The molecule has 0 saturated heterocycles. The van der Waals surface area contributed by atoms with Crippen LogP contribution in [0.25, 0.3) is 0 Å². The summed E-state index contributed by atoms with van der Waals surface area (Å²) in [6.07, 6.45) is 0. The standard InChI is InChI=1S/C23H22N2O3/c1-3-28-21-13-11-20(12-14-21)24-22(26)17-7-9-19(10-8-17)25-23(27)18-6-4-5-16(2)15-18/h4-15H,3H2,1-2H3,(H,24,26)(H,25,27). The Morgan fingerprint density at radius 1 is 0.786 bits per heavy atom. The van der Waals surface area contributed by atoms with Gasteiger partial charge < -0.3 is 15.4 Å². The average molecular weight is 374 g/mol. The monoisotopic (exact) mass is 374 g/mol. The zero-order valence-corrected chi connectivity index (χ0v) is 15.9. The minimum atomic E-state index is -0.222. The van der Waals surface area contributed by atoms with Crippen LogP contribution in [0.5, 0.6) is 5.75 Å². The third-order valence-corrected chi connectivity index (χ3v) is 4.11. The second-order valence-corrected chi connectivity index (χ2v) is 6.31. The zero-order valence-electron chi connectivity index (χ0n) is 15.9. The molecule has 0 heterocycles. The smallest absolute Gasteiger partial charge is 0.255 e. The number of nitrogens with one attached hydrogen (secondary N) is 2. The molecule has 2 N–H and O–H groups in total. The Bertz CT molecular complexity index is 964. The van der Waals surface area contributed by atoms with Crippen LogP contribution in [0.3, 0.4) is 0 Å². The van der Waals surface area contributed by atoms with Gasteiger partial charge in [-0.2, -0.15) is 0 Å². The van der Waals surface area contributed by atoms with Crippen LogP contribution in [0.15, 0.2) is 72.8 Å². The summed E-state index contributed by atoms with van der Waals surface area (Å²) in [5.41, 5.74) is 3.43. The summed E-state index contributed by atoms with van der Waals surface area (Å²) >= 11 is 0. The lowest BCUT2D eigenvalue weighted by Crippen LogP contribution is -2.13. The topological polar surface area (TPSA) is 67.4 Å². The summed E-state index contributed by atoms with van der Waals surface area (Å²) in [6.45, 7) is 4.45. The first-order valence-corrected chi connectivity index (χ1v) is 9.07. The highest BCUT2D eigenvalue weighted by atomic mass is 16.5. The van der Waals surface area contributed by atoms with Crippen molar-refractivity contribution in [2.75, 3.05) is 17.2 Å². The molecule has 28 heavy (non-hydrogen) atoms. The summed E-state index contributed by atoms with van der Waals surface area (Å²) in [5, 5.41) is 5.67. The first kappa shape index (κ1) is 19.2. The number of benzene rings is 3. The van der Waals surface area contributed by atoms with Gasteiger partial charge in [0.25, 0.3) is 11.8 Å². The Hall–Kier alpha value is -3.60. The second-order valence-electron chi connectivity index (χ2n) is 6.31. The van der Waals surface area contributed by atoms with E-state index in [1.165, 1.54) is 0 Å². The normalized spacial score (nSPS) is 10.2. The first-order chi connectivity index (χ1) is 13.5. The van der Waals surface area contributed by atoms with Crippen molar-refractivity contribution in [1.29, 1.82) is 0 Å². The number of rotatable bonds is 6. The van der Waals surface area contributed by atoms with Crippen molar-refractivity contribution in [2.45, 2.75) is 13.8 Å². The number of amides is 2. The van der Waals surface area contributed by atoms with E-state index in [-0.39, 0.29) is 11.8 Å². The molecule has 0 aliphatic rings. The van der Waals surface area contributed by atoms with Crippen molar-refractivity contribution in [2.24, 2.45) is 0 Å². The number of hydrogen-bond donors (Lipinski definition) is 2. The van der Waals surface area contributed by atoms with E-state index in [1.54, 1.807) is 42.5 Å². The van der Waals surface area contributed by atoms with Crippen molar-refractivity contribution in [3.8, 4) is 5.75 Å². The van der Waals surface area contributed by atoms with Crippen LogP contribution < -0.4 is 15.4 Å². The molecule has 3 aromatic rings. The fourth-order valence-electron chi connectivity index (χ4n) is 2.70. The van der Waals surface area contributed by atoms with Crippen molar-refractivity contribution >= 4 is 23.2 Å². The number of carbonyl (C=O) groups excluding carboxylic acids is 2. The molecule has 2 amide bonds. The van der Waals surface area contributed by atoms with Gasteiger partial charge in [-0.3, -0.25) is 9.59 Å².